The van der Waals surface area contributed by atoms with E-state index in [1.54, 1.807) is 0 Å². The van der Waals surface area contributed by atoms with Crippen molar-refractivity contribution in [2.75, 3.05) is 6.54 Å². The van der Waals surface area contributed by atoms with Crippen LogP contribution in [0.2, 0.25) is 5.02 Å². The first-order valence-electron chi connectivity index (χ1n) is 6.25. The van der Waals surface area contributed by atoms with E-state index < -0.39 is 0 Å². The van der Waals surface area contributed by atoms with Gasteiger partial charge >= 0.3 is 0 Å². The molecule has 2 unspecified atom stereocenters. The van der Waals surface area contributed by atoms with Gasteiger partial charge in [-0.25, -0.2) is 0 Å². The lowest BCUT2D eigenvalue weighted by molar-refractivity contribution is 0.162. The molecule has 0 heterocycles. The Morgan fingerprint density at radius 1 is 1.29 bits per heavy atom. The molecule has 0 bridgehead atoms. The van der Waals surface area contributed by atoms with E-state index in [1.165, 1.54) is 12.8 Å². The Hall–Kier alpha value is -0.730. The molecule has 0 aliphatic heterocycles. The topological polar surface area (TPSA) is 35.2 Å². The van der Waals surface area contributed by atoms with E-state index in [9.17, 15) is 0 Å². The van der Waals surface area contributed by atoms with Crippen LogP contribution in [0.25, 0.3) is 0 Å². The monoisotopic (exact) mass is 253 g/mol. The van der Waals surface area contributed by atoms with Gasteiger partial charge in [0.05, 0.1) is 0 Å². The highest BCUT2D eigenvalue weighted by atomic mass is 35.5. The molecule has 1 fully saturated rings. The van der Waals surface area contributed by atoms with Crippen LogP contribution >= 0.6 is 11.6 Å². The molecule has 0 saturated heterocycles. The molecule has 3 heteroatoms. The van der Waals surface area contributed by atoms with Crippen LogP contribution in [0, 0.1) is 19.8 Å². The van der Waals surface area contributed by atoms with Crippen LogP contribution in [0.15, 0.2) is 12.1 Å². The Labute approximate surface area is 108 Å². The minimum Gasteiger partial charge on any atom is -0.490 e. The summed E-state index contributed by atoms with van der Waals surface area (Å²) in [6.07, 6.45) is 3.80. The molecule has 17 heavy (non-hydrogen) atoms. The molecule has 1 aromatic rings. The van der Waals surface area contributed by atoms with Crippen molar-refractivity contribution < 1.29 is 4.74 Å². The minimum atomic E-state index is 0.278. The van der Waals surface area contributed by atoms with Crippen molar-refractivity contribution in [3.63, 3.8) is 0 Å². The zero-order valence-electron chi connectivity index (χ0n) is 10.5. The molecule has 1 aromatic carbocycles. The van der Waals surface area contributed by atoms with E-state index in [0.717, 1.165) is 34.9 Å². The fourth-order valence-electron chi connectivity index (χ4n) is 2.58. The van der Waals surface area contributed by atoms with Gasteiger partial charge < -0.3 is 10.5 Å². The Bertz CT molecular complexity index is 382. The summed E-state index contributed by atoms with van der Waals surface area (Å²) in [6.45, 7) is 4.74. The Morgan fingerprint density at radius 2 is 1.94 bits per heavy atom. The van der Waals surface area contributed by atoms with Gasteiger partial charge in [0, 0.05) is 10.9 Å². The summed E-state index contributed by atoms with van der Waals surface area (Å²) in [4.78, 5) is 0. The zero-order valence-corrected chi connectivity index (χ0v) is 11.3. The van der Waals surface area contributed by atoms with E-state index in [-0.39, 0.29) is 6.10 Å². The van der Waals surface area contributed by atoms with Gasteiger partial charge in [-0.3, -0.25) is 0 Å². The van der Waals surface area contributed by atoms with Crippen LogP contribution in [-0.4, -0.2) is 12.6 Å². The van der Waals surface area contributed by atoms with Gasteiger partial charge in [0.2, 0.25) is 0 Å². The van der Waals surface area contributed by atoms with Crippen molar-refractivity contribution in [3.05, 3.63) is 28.3 Å². The number of ether oxygens (including phenoxy) is 1. The van der Waals surface area contributed by atoms with E-state index in [0.29, 0.717) is 5.92 Å². The molecule has 0 aromatic heterocycles. The Balaban J connectivity index is 2.13. The fourth-order valence-corrected chi connectivity index (χ4v) is 2.69. The van der Waals surface area contributed by atoms with Crippen LogP contribution in [0.1, 0.15) is 30.4 Å². The molecule has 94 valence electrons. The molecule has 0 spiro atoms. The summed E-state index contributed by atoms with van der Waals surface area (Å²) in [7, 11) is 0. The number of hydrogen-bond acceptors (Lipinski definition) is 2. The average molecular weight is 254 g/mol. The molecule has 1 aliphatic carbocycles. The van der Waals surface area contributed by atoms with Gasteiger partial charge in [0.25, 0.3) is 0 Å². The number of aryl methyl sites for hydroxylation is 2. The second kappa shape index (κ2) is 5.28. The van der Waals surface area contributed by atoms with Gasteiger partial charge in [-0.15, -0.1) is 0 Å². The van der Waals surface area contributed by atoms with E-state index in [2.05, 4.69) is 0 Å². The Kier molecular flexibility index (Phi) is 3.95. The number of halogens is 1. The Morgan fingerprint density at radius 3 is 2.53 bits per heavy atom. The first-order valence-corrected chi connectivity index (χ1v) is 6.63. The third kappa shape index (κ3) is 2.75. The quantitative estimate of drug-likeness (QED) is 0.895. The molecule has 2 nitrogen and oxygen atoms in total. The highest BCUT2D eigenvalue weighted by Crippen LogP contribution is 2.31. The lowest BCUT2D eigenvalue weighted by Gasteiger charge is -2.20. The first kappa shape index (κ1) is 12.7. The second-order valence-electron chi connectivity index (χ2n) is 4.95. The van der Waals surface area contributed by atoms with Crippen molar-refractivity contribution in [1.29, 1.82) is 0 Å². The SMILES string of the molecule is Cc1cc(OC2CCCC2CN)cc(C)c1Cl. The third-order valence-electron chi connectivity index (χ3n) is 3.59. The van der Waals surface area contributed by atoms with Crippen LogP contribution in [0.4, 0.5) is 0 Å². The van der Waals surface area contributed by atoms with E-state index >= 15 is 0 Å². The smallest absolute Gasteiger partial charge is 0.120 e. The van der Waals surface area contributed by atoms with Crippen LogP contribution < -0.4 is 10.5 Å². The van der Waals surface area contributed by atoms with Crippen LogP contribution in [-0.2, 0) is 0 Å². The normalized spacial score (nSPS) is 24.0. The summed E-state index contributed by atoms with van der Waals surface area (Å²) >= 11 is 6.15. The minimum absolute atomic E-state index is 0.278. The summed E-state index contributed by atoms with van der Waals surface area (Å²) in [5.41, 5.74) is 7.91. The molecule has 1 saturated carbocycles. The van der Waals surface area contributed by atoms with Gasteiger partial charge in [-0.1, -0.05) is 11.6 Å². The molecule has 0 radical (unpaired) electrons. The van der Waals surface area contributed by atoms with Crippen LogP contribution in [0.3, 0.4) is 0 Å². The maximum atomic E-state index is 6.15. The standard InChI is InChI=1S/C14H20ClNO/c1-9-6-12(7-10(2)14(9)15)17-13-5-3-4-11(13)8-16/h6-7,11,13H,3-5,8,16H2,1-2H3. The number of nitrogens with two attached hydrogens (primary N) is 1. The lowest BCUT2D eigenvalue weighted by Crippen LogP contribution is -2.27. The summed E-state index contributed by atoms with van der Waals surface area (Å²) < 4.78 is 6.06. The zero-order chi connectivity index (χ0) is 12.4. The third-order valence-corrected chi connectivity index (χ3v) is 4.19. The lowest BCUT2D eigenvalue weighted by atomic mass is 10.1. The summed E-state index contributed by atoms with van der Waals surface area (Å²) in [5.74, 6) is 1.43. The largest absolute Gasteiger partial charge is 0.490 e. The van der Waals surface area contributed by atoms with Crippen LogP contribution in [0.5, 0.6) is 5.75 Å². The van der Waals surface area contributed by atoms with E-state index in [4.69, 9.17) is 22.1 Å². The van der Waals surface area contributed by atoms with Crippen molar-refractivity contribution in [1.82, 2.24) is 0 Å². The maximum absolute atomic E-state index is 6.15. The van der Waals surface area contributed by atoms with Gasteiger partial charge in [-0.05, 0) is 62.9 Å². The second-order valence-corrected chi connectivity index (χ2v) is 5.33. The van der Waals surface area contributed by atoms with Gasteiger partial charge in [0.1, 0.15) is 11.9 Å². The molecule has 1 aliphatic rings. The molecule has 0 amide bonds. The van der Waals surface area contributed by atoms with Crippen molar-refractivity contribution in [2.45, 2.75) is 39.2 Å². The van der Waals surface area contributed by atoms with Crippen molar-refractivity contribution >= 4 is 11.6 Å². The van der Waals surface area contributed by atoms with E-state index in [1.807, 2.05) is 26.0 Å². The highest BCUT2D eigenvalue weighted by Gasteiger charge is 2.27. The molecule has 2 rings (SSSR count). The summed E-state index contributed by atoms with van der Waals surface area (Å²) in [5, 5.41) is 0.833. The number of rotatable bonds is 3. The number of benzene rings is 1. The maximum Gasteiger partial charge on any atom is 0.120 e. The first-order chi connectivity index (χ1) is 8.11. The van der Waals surface area contributed by atoms with Gasteiger partial charge in [-0.2, -0.15) is 0 Å². The summed E-state index contributed by atoms with van der Waals surface area (Å²) in [6, 6.07) is 4.03. The fraction of sp³-hybridized carbons (Fsp3) is 0.571. The number of hydrogen-bond donors (Lipinski definition) is 1. The molecular weight excluding hydrogens is 234 g/mol. The highest BCUT2D eigenvalue weighted by molar-refractivity contribution is 6.32. The van der Waals surface area contributed by atoms with Crippen molar-refractivity contribution in [3.8, 4) is 5.75 Å². The van der Waals surface area contributed by atoms with Gasteiger partial charge in [0.15, 0.2) is 0 Å². The van der Waals surface area contributed by atoms with Crippen molar-refractivity contribution in [2.24, 2.45) is 11.7 Å². The predicted molar refractivity (Wildman–Crippen MR) is 71.7 cm³/mol. The average Bonchev–Trinajstić information content (AvgIpc) is 2.73. The molecule has 2 atom stereocenters. The predicted octanol–water partition coefficient (Wildman–Crippen LogP) is 3.46. The molecule has 2 N–H and O–H groups in total. The molecular formula is C14H20ClNO.